The highest BCUT2D eigenvalue weighted by atomic mass is 16.6. The average Bonchev–Trinajstić information content (AvgIpc) is 3.14. The van der Waals surface area contributed by atoms with Crippen LogP contribution >= 0.6 is 0 Å². The van der Waals surface area contributed by atoms with Gasteiger partial charge in [-0.05, 0) is 38.5 Å². The van der Waals surface area contributed by atoms with Crippen molar-refractivity contribution in [3.63, 3.8) is 0 Å². The minimum absolute atomic E-state index is 0.0541. The summed E-state index contributed by atoms with van der Waals surface area (Å²) >= 11 is 0. The summed E-state index contributed by atoms with van der Waals surface area (Å²) in [6, 6.07) is 0. The number of carboxylic acid groups (broad SMARTS) is 2. The van der Waals surface area contributed by atoms with E-state index in [0.717, 1.165) is 12.8 Å². The molecule has 0 aromatic carbocycles. The van der Waals surface area contributed by atoms with Crippen LogP contribution in [0.15, 0.2) is 0 Å². The highest BCUT2D eigenvalue weighted by Crippen LogP contribution is 2.02. The molecule has 55 heavy (non-hydrogen) atoms. The van der Waals surface area contributed by atoms with Gasteiger partial charge in [0, 0.05) is 78.0 Å². The monoisotopic (exact) mass is 788 g/mol. The molecule has 0 aliphatic rings. The summed E-state index contributed by atoms with van der Waals surface area (Å²) in [5, 5.41) is 28.1. The van der Waals surface area contributed by atoms with Crippen molar-refractivity contribution in [3.05, 3.63) is 0 Å². The van der Waals surface area contributed by atoms with Gasteiger partial charge >= 0.3 is 24.1 Å². The molecule has 0 unspecified atom stereocenters. The Labute approximate surface area is 323 Å². The molecule has 6 N–H and O–H groups in total. The summed E-state index contributed by atoms with van der Waals surface area (Å²) in [5.41, 5.74) is 0. The number of nitrogens with zero attached hydrogens (tertiary/aromatic N) is 2. The van der Waals surface area contributed by atoms with Crippen LogP contribution in [0.2, 0.25) is 0 Å². The van der Waals surface area contributed by atoms with Gasteiger partial charge in [0.15, 0.2) is 0 Å². The van der Waals surface area contributed by atoms with E-state index in [0.29, 0.717) is 64.7 Å². The fourth-order valence-corrected chi connectivity index (χ4v) is 4.87. The lowest BCUT2D eigenvalue weighted by Gasteiger charge is -2.23. The number of carbonyl (C=O) groups excluding carboxylic acids is 6. The summed E-state index contributed by atoms with van der Waals surface area (Å²) in [6.45, 7) is 6.64. The number of aliphatic carboxylic acids is 2. The maximum atomic E-state index is 12.9. The van der Waals surface area contributed by atoms with Gasteiger partial charge in [-0.2, -0.15) is 0 Å². The first-order valence-electron chi connectivity index (χ1n) is 19.3. The van der Waals surface area contributed by atoms with E-state index in [4.69, 9.17) is 24.4 Å². The van der Waals surface area contributed by atoms with Crippen LogP contribution < -0.4 is 21.3 Å². The molecule has 6 amide bonds. The predicted octanol–water partition coefficient (Wildman–Crippen LogP) is 2.02. The lowest BCUT2D eigenvalue weighted by atomic mass is 10.2. The predicted molar refractivity (Wildman–Crippen MR) is 200 cm³/mol. The molecule has 0 aromatic rings. The number of unbranched alkanes of at least 4 members (excludes halogenated alkanes) is 4. The van der Waals surface area contributed by atoms with Crippen LogP contribution in [-0.4, -0.2) is 147 Å². The molecule has 19 heteroatoms. The third-order valence-electron chi connectivity index (χ3n) is 7.76. The van der Waals surface area contributed by atoms with Crippen LogP contribution in [0.4, 0.5) is 9.59 Å². The standard InChI is InChI=1S/C36H64N6O13/c1-3-21-41(22-4-2)35(51)54-27-25-53-26-28-55-36(52)42(23-19-39-29(43)11-7-5-9-17-37-31(45)13-15-33(47)48)24-20-40-30(44)12-8-6-10-18-38-32(46)14-16-34(49)50/h3-28H2,1-2H3,(H,37,45)(H,38,46)(H,39,43)(H,40,44)(H,47,48)(H,49,50). The van der Waals surface area contributed by atoms with E-state index in [9.17, 15) is 38.4 Å². The molecule has 0 saturated heterocycles. The summed E-state index contributed by atoms with van der Waals surface area (Å²) in [7, 11) is 0. The Kier molecular flexibility index (Phi) is 31.0. The Morgan fingerprint density at radius 3 is 1.18 bits per heavy atom. The van der Waals surface area contributed by atoms with Gasteiger partial charge < -0.3 is 55.5 Å². The van der Waals surface area contributed by atoms with E-state index in [-0.39, 0.29) is 115 Å². The van der Waals surface area contributed by atoms with E-state index in [1.165, 1.54) is 4.90 Å². The molecule has 0 fully saturated rings. The van der Waals surface area contributed by atoms with Crippen molar-refractivity contribution in [2.24, 2.45) is 0 Å². The highest BCUT2D eigenvalue weighted by Gasteiger charge is 2.17. The van der Waals surface area contributed by atoms with Crippen LogP contribution in [0, 0.1) is 0 Å². The molecule has 0 bridgehead atoms. The molecule has 0 radical (unpaired) electrons. The first-order valence-corrected chi connectivity index (χ1v) is 19.3. The minimum Gasteiger partial charge on any atom is -0.481 e. The molecular weight excluding hydrogens is 724 g/mol. The number of hydrogen-bond acceptors (Lipinski definition) is 11. The van der Waals surface area contributed by atoms with Crippen molar-refractivity contribution < 1.29 is 62.8 Å². The molecule has 0 aliphatic heterocycles. The van der Waals surface area contributed by atoms with Crippen molar-refractivity contribution in [1.29, 1.82) is 0 Å². The lowest BCUT2D eigenvalue weighted by molar-refractivity contribution is -0.139. The maximum Gasteiger partial charge on any atom is 0.409 e. The summed E-state index contributed by atoms with van der Waals surface area (Å²) in [4.78, 5) is 97.0. The van der Waals surface area contributed by atoms with Crippen LogP contribution in [0.1, 0.15) is 104 Å². The second-order valence-corrected chi connectivity index (χ2v) is 12.6. The van der Waals surface area contributed by atoms with Crippen LogP contribution in [-0.2, 0) is 43.0 Å². The number of rotatable bonds is 34. The van der Waals surface area contributed by atoms with Crippen molar-refractivity contribution in [2.75, 3.05) is 78.8 Å². The van der Waals surface area contributed by atoms with E-state index >= 15 is 0 Å². The first kappa shape index (κ1) is 50.3. The van der Waals surface area contributed by atoms with Gasteiger partial charge in [-0.3, -0.25) is 28.8 Å². The van der Waals surface area contributed by atoms with Crippen LogP contribution in [0.25, 0.3) is 0 Å². The van der Waals surface area contributed by atoms with Gasteiger partial charge in [0.1, 0.15) is 13.2 Å². The molecule has 19 nitrogen and oxygen atoms in total. The molecule has 316 valence electrons. The molecule has 0 rings (SSSR count). The fourth-order valence-electron chi connectivity index (χ4n) is 4.87. The second-order valence-electron chi connectivity index (χ2n) is 12.6. The van der Waals surface area contributed by atoms with Crippen molar-refractivity contribution in [2.45, 2.75) is 104 Å². The quantitative estimate of drug-likeness (QED) is 0.0511. The van der Waals surface area contributed by atoms with E-state index in [1.807, 2.05) is 13.8 Å². The summed E-state index contributed by atoms with van der Waals surface area (Å²) in [5.74, 6) is -3.16. The van der Waals surface area contributed by atoms with E-state index in [1.54, 1.807) is 4.90 Å². The number of hydrogen-bond donors (Lipinski definition) is 6. The smallest absolute Gasteiger partial charge is 0.409 e. The Morgan fingerprint density at radius 2 is 0.800 bits per heavy atom. The molecule has 0 heterocycles. The lowest BCUT2D eigenvalue weighted by Crippen LogP contribution is -2.43. The minimum atomic E-state index is -1.04. The average molecular weight is 789 g/mol. The van der Waals surface area contributed by atoms with E-state index < -0.39 is 24.1 Å². The van der Waals surface area contributed by atoms with Crippen molar-refractivity contribution >= 4 is 47.8 Å². The number of carbonyl (C=O) groups is 8. The zero-order valence-electron chi connectivity index (χ0n) is 32.7. The van der Waals surface area contributed by atoms with E-state index in [2.05, 4.69) is 21.3 Å². The highest BCUT2D eigenvalue weighted by molar-refractivity contribution is 5.81. The zero-order valence-corrected chi connectivity index (χ0v) is 32.7. The molecule has 0 aromatic heterocycles. The largest absolute Gasteiger partial charge is 0.481 e. The first-order chi connectivity index (χ1) is 26.4. The van der Waals surface area contributed by atoms with Gasteiger partial charge in [-0.25, -0.2) is 9.59 Å². The van der Waals surface area contributed by atoms with Gasteiger partial charge in [0.25, 0.3) is 0 Å². The summed E-state index contributed by atoms with van der Waals surface area (Å²) in [6.07, 6.45) is 4.22. The van der Waals surface area contributed by atoms with Crippen molar-refractivity contribution in [3.8, 4) is 0 Å². The van der Waals surface area contributed by atoms with Crippen LogP contribution in [0.3, 0.4) is 0 Å². The van der Waals surface area contributed by atoms with Gasteiger partial charge in [0.2, 0.25) is 23.6 Å². The third-order valence-corrected chi connectivity index (χ3v) is 7.76. The molecular formula is C36H64N6O13. The Morgan fingerprint density at radius 1 is 0.436 bits per heavy atom. The zero-order chi connectivity index (χ0) is 41.1. The Balaban J connectivity index is 4.61. The molecule has 0 atom stereocenters. The second kappa shape index (κ2) is 33.9. The normalized spacial score (nSPS) is 10.5. The van der Waals surface area contributed by atoms with Gasteiger partial charge in [0.05, 0.1) is 26.1 Å². The van der Waals surface area contributed by atoms with Crippen LogP contribution in [0.5, 0.6) is 0 Å². The fraction of sp³-hybridized carbons (Fsp3) is 0.778. The van der Waals surface area contributed by atoms with Gasteiger partial charge in [-0.1, -0.05) is 26.7 Å². The molecule has 0 aliphatic carbocycles. The molecule has 0 spiro atoms. The Hall–Kier alpha value is -4.68. The van der Waals surface area contributed by atoms with Gasteiger partial charge in [-0.15, -0.1) is 0 Å². The third kappa shape index (κ3) is 31.4. The molecule has 0 saturated carbocycles. The Bertz CT molecular complexity index is 1090. The SMILES string of the molecule is CCCN(CCC)C(=O)OCCOCCOC(=O)N(CCNC(=O)CCCCCNC(=O)CCC(=O)O)CCNC(=O)CCCCCNC(=O)CCC(=O)O. The summed E-state index contributed by atoms with van der Waals surface area (Å²) < 4.78 is 16.0. The topological polar surface area (TPSA) is 259 Å². The number of amides is 6. The van der Waals surface area contributed by atoms with Crippen molar-refractivity contribution in [1.82, 2.24) is 31.1 Å². The number of carboxylic acids is 2. The maximum absolute atomic E-state index is 12.9. The number of nitrogens with one attached hydrogen (secondary N) is 4. The number of ether oxygens (including phenoxy) is 3.